The molecule has 1 rings (SSSR count). The molecule has 0 aromatic rings. The number of alkyl halides is 1. The maximum absolute atomic E-state index is 10.0. The van der Waals surface area contributed by atoms with Gasteiger partial charge in [0, 0.05) is 11.3 Å². The molecule has 0 aromatic carbocycles. The van der Waals surface area contributed by atoms with Crippen LogP contribution in [0.3, 0.4) is 0 Å². The van der Waals surface area contributed by atoms with Crippen LogP contribution in [0.1, 0.15) is 12.8 Å². The number of carbonyl (C=O) groups is 1. The fourth-order valence-corrected chi connectivity index (χ4v) is 0.774. The summed E-state index contributed by atoms with van der Waals surface area (Å²) < 4.78 is 0. The highest BCUT2D eigenvalue weighted by atomic mass is 35.5. The first-order chi connectivity index (χ1) is 3.33. The first-order valence-corrected chi connectivity index (χ1v) is 2.89. The van der Waals surface area contributed by atoms with Crippen molar-refractivity contribution < 1.29 is 4.79 Å². The predicted octanol–water partition coefficient (Wildman–Crippen LogP) is 1.20. The Hall–Kier alpha value is -0.0400. The highest BCUT2D eigenvalue weighted by Crippen LogP contribution is 2.44. The van der Waals surface area contributed by atoms with Gasteiger partial charge in [-0.2, -0.15) is 0 Å². The van der Waals surface area contributed by atoms with Gasteiger partial charge in [-0.25, -0.2) is 0 Å². The zero-order valence-electron chi connectivity index (χ0n) is 3.98. The van der Waals surface area contributed by atoms with Gasteiger partial charge in [-0.15, -0.1) is 11.6 Å². The molecule has 1 aliphatic carbocycles. The summed E-state index contributed by atoms with van der Waals surface area (Å²) in [6, 6.07) is 0. The Morgan fingerprint density at radius 3 is 2.29 bits per heavy atom. The van der Waals surface area contributed by atoms with E-state index in [1.54, 1.807) is 0 Å². The number of carbonyl (C=O) groups excluding carboxylic acids is 1. The van der Waals surface area contributed by atoms with Gasteiger partial charge in [0.1, 0.15) is 6.29 Å². The minimum atomic E-state index is -0.0818. The Balaban J connectivity index is 2.42. The van der Waals surface area contributed by atoms with Crippen LogP contribution in [0.2, 0.25) is 0 Å². The first kappa shape index (κ1) is 5.10. The van der Waals surface area contributed by atoms with Gasteiger partial charge in [-0.05, 0) is 12.8 Å². The number of aldehydes is 1. The molecule has 0 N–H and O–H groups in total. The van der Waals surface area contributed by atoms with Gasteiger partial charge >= 0.3 is 0 Å². The highest BCUT2D eigenvalue weighted by molar-refractivity contribution is 6.19. The van der Waals surface area contributed by atoms with E-state index in [0.29, 0.717) is 5.88 Å². The molecule has 0 amide bonds. The summed E-state index contributed by atoms with van der Waals surface area (Å²) in [7, 11) is 0. The number of rotatable bonds is 2. The van der Waals surface area contributed by atoms with Crippen LogP contribution in [0.5, 0.6) is 0 Å². The summed E-state index contributed by atoms with van der Waals surface area (Å²) in [6.07, 6.45) is 2.97. The van der Waals surface area contributed by atoms with E-state index in [-0.39, 0.29) is 5.41 Å². The summed E-state index contributed by atoms with van der Waals surface area (Å²) in [6.45, 7) is 0. The molecule has 0 saturated heterocycles. The molecule has 0 atom stereocenters. The fraction of sp³-hybridized carbons (Fsp3) is 0.800. The summed E-state index contributed by atoms with van der Waals surface area (Å²) in [4.78, 5) is 10.0. The van der Waals surface area contributed by atoms with Crippen molar-refractivity contribution in [1.82, 2.24) is 0 Å². The van der Waals surface area contributed by atoms with Crippen LogP contribution in [-0.4, -0.2) is 12.2 Å². The number of halogens is 1. The summed E-state index contributed by atoms with van der Waals surface area (Å²) in [5.41, 5.74) is -0.0818. The quantitative estimate of drug-likeness (QED) is 0.394. The Labute approximate surface area is 47.7 Å². The Kier molecular flexibility index (Phi) is 1.08. The summed E-state index contributed by atoms with van der Waals surface area (Å²) in [5.74, 6) is 0.510. The van der Waals surface area contributed by atoms with Crippen molar-refractivity contribution in [3.63, 3.8) is 0 Å². The molecule has 1 aliphatic rings. The zero-order valence-corrected chi connectivity index (χ0v) is 4.74. The van der Waals surface area contributed by atoms with E-state index in [1.165, 1.54) is 0 Å². The van der Waals surface area contributed by atoms with E-state index in [2.05, 4.69) is 0 Å². The van der Waals surface area contributed by atoms with Crippen LogP contribution in [0, 0.1) is 5.41 Å². The third-order valence-electron chi connectivity index (χ3n) is 1.41. The molecule has 1 saturated carbocycles. The lowest BCUT2D eigenvalue weighted by molar-refractivity contribution is -0.111. The molecule has 1 nitrogen and oxygen atoms in total. The molecule has 0 bridgehead atoms. The normalized spacial score (nSPS) is 24.1. The first-order valence-electron chi connectivity index (χ1n) is 2.35. The molecular weight excluding hydrogens is 112 g/mol. The van der Waals surface area contributed by atoms with E-state index in [4.69, 9.17) is 11.6 Å². The molecule has 0 unspecified atom stereocenters. The SMILES string of the molecule is O=CC1(CCl)CC1. The van der Waals surface area contributed by atoms with Crippen molar-refractivity contribution >= 4 is 17.9 Å². The molecule has 0 radical (unpaired) electrons. The lowest BCUT2D eigenvalue weighted by Gasteiger charge is -1.93. The van der Waals surface area contributed by atoms with E-state index >= 15 is 0 Å². The van der Waals surface area contributed by atoms with Crippen molar-refractivity contribution in [2.24, 2.45) is 5.41 Å². The Morgan fingerprint density at radius 2 is 2.29 bits per heavy atom. The van der Waals surface area contributed by atoms with E-state index < -0.39 is 0 Å². The molecule has 0 aromatic heterocycles. The maximum Gasteiger partial charge on any atom is 0.127 e. The zero-order chi connectivity index (χ0) is 5.33. The monoisotopic (exact) mass is 118 g/mol. The van der Waals surface area contributed by atoms with Crippen LogP contribution in [0.4, 0.5) is 0 Å². The van der Waals surface area contributed by atoms with E-state index in [1.807, 2.05) is 0 Å². The second kappa shape index (κ2) is 1.48. The van der Waals surface area contributed by atoms with Crippen molar-refractivity contribution in [3.8, 4) is 0 Å². The van der Waals surface area contributed by atoms with Gasteiger partial charge < -0.3 is 4.79 Å². The number of hydrogen-bond donors (Lipinski definition) is 0. The van der Waals surface area contributed by atoms with E-state index in [9.17, 15) is 4.79 Å². The van der Waals surface area contributed by atoms with Gasteiger partial charge in [0.2, 0.25) is 0 Å². The van der Waals surface area contributed by atoms with Gasteiger partial charge in [0.15, 0.2) is 0 Å². The topological polar surface area (TPSA) is 17.1 Å². The smallest absolute Gasteiger partial charge is 0.127 e. The van der Waals surface area contributed by atoms with Crippen molar-refractivity contribution in [1.29, 1.82) is 0 Å². The van der Waals surface area contributed by atoms with Gasteiger partial charge in [-0.3, -0.25) is 0 Å². The van der Waals surface area contributed by atoms with Gasteiger partial charge in [0.25, 0.3) is 0 Å². The average molecular weight is 119 g/mol. The molecule has 0 heterocycles. The fourth-order valence-electron chi connectivity index (χ4n) is 0.444. The van der Waals surface area contributed by atoms with Gasteiger partial charge in [0.05, 0.1) is 0 Å². The largest absolute Gasteiger partial charge is 0.303 e. The molecule has 2 heteroatoms. The number of hydrogen-bond acceptors (Lipinski definition) is 1. The molecule has 0 aliphatic heterocycles. The third-order valence-corrected chi connectivity index (χ3v) is 1.94. The van der Waals surface area contributed by atoms with Crippen LogP contribution in [0.25, 0.3) is 0 Å². The molecular formula is C5H7ClO. The van der Waals surface area contributed by atoms with Crippen LogP contribution >= 0.6 is 11.6 Å². The molecule has 1 fully saturated rings. The summed E-state index contributed by atoms with van der Waals surface area (Å²) in [5, 5.41) is 0. The minimum absolute atomic E-state index is 0.0818. The van der Waals surface area contributed by atoms with Crippen LogP contribution < -0.4 is 0 Å². The maximum atomic E-state index is 10.0. The van der Waals surface area contributed by atoms with Crippen LogP contribution in [-0.2, 0) is 4.79 Å². The second-order valence-electron chi connectivity index (χ2n) is 2.11. The second-order valence-corrected chi connectivity index (χ2v) is 2.38. The third kappa shape index (κ3) is 0.778. The average Bonchev–Trinajstić information content (AvgIpc) is 2.46. The van der Waals surface area contributed by atoms with Gasteiger partial charge in [-0.1, -0.05) is 0 Å². The Bertz CT molecular complexity index is 86.1. The van der Waals surface area contributed by atoms with Crippen molar-refractivity contribution in [2.75, 3.05) is 5.88 Å². The summed E-state index contributed by atoms with van der Waals surface area (Å²) >= 11 is 5.42. The van der Waals surface area contributed by atoms with Crippen molar-refractivity contribution in [2.45, 2.75) is 12.8 Å². The lowest BCUT2D eigenvalue weighted by atomic mass is 10.2. The van der Waals surface area contributed by atoms with Crippen molar-refractivity contribution in [3.05, 3.63) is 0 Å². The highest BCUT2D eigenvalue weighted by Gasteiger charge is 2.41. The standard InChI is InChI=1S/C5H7ClO/c6-3-5(4-7)1-2-5/h4H,1-3H2. The molecule has 7 heavy (non-hydrogen) atoms. The molecule has 40 valence electrons. The van der Waals surface area contributed by atoms with Crippen LogP contribution in [0.15, 0.2) is 0 Å². The molecule has 0 spiro atoms. The Morgan fingerprint density at radius 1 is 1.71 bits per heavy atom. The predicted molar refractivity (Wildman–Crippen MR) is 28.5 cm³/mol. The van der Waals surface area contributed by atoms with E-state index in [0.717, 1.165) is 19.1 Å². The minimum Gasteiger partial charge on any atom is -0.303 e. The lowest BCUT2D eigenvalue weighted by Crippen LogP contribution is -2.01.